The lowest BCUT2D eigenvalue weighted by molar-refractivity contribution is 0.0725. The third-order valence-electron chi connectivity index (χ3n) is 9.30. The van der Waals surface area contributed by atoms with Gasteiger partial charge in [-0.15, -0.1) is 0 Å². The first kappa shape index (κ1) is 21.9. The zero-order valence-electron chi connectivity index (χ0n) is 19.5. The van der Waals surface area contributed by atoms with Crippen LogP contribution >= 0.6 is 0 Å². The molecule has 32 heavy (non-hydrogen) atoms. The van der Waals surface area contributed by atoms with Crippen LogP contribution in [0.1, 0.15) is 94.6 Å². The fraction of sp³-hybridized carbons (Fsp3) is 0.600. The average molecular weight is 433 g/mol. The third-order valence-corrected chi connectivity index (χ3v) is 9.30. The predicted octanol–water partition coefficient (Wildman–Crippen LogP) is 7.96. The van der Waals surface area contributed by atoms with E-state index in [0.717, 1.165) is 23.7 Å². The minimum atomic E-state index is -0.0239. The van der Waals surface area contributed by atoms with E-state index in [2.05, 4.69) is 24.3 Å². The highest BCUT2D eigenvalue weighted by Gasteiger charge is 2.47. The van der Waals surface area contributed by atoms with E-state index >= 15 is 0 Å². The number of rotatable bonds is 4. The molecule has 0 aliphatic heterocycles. The molecule has 2 aromatic rings. The molecule has 2 nitrogen and oxygen atoms in total. The van der Waals surface area contributed by atoms with E-state index in [1.807, 2.05) is 24.3 Å². The standard InChI is InChI=1S/C30H40O2/c31-28-15-11-26(12-16-28)30(27-13-17-29(32)18-14-27)20-24(22-7-3-1-4-8-22)19-25(21-30)23-9-5-2-6-10-23/h11-18,22-25,31-32H,1-10,19-21H2. The summed E-state index contributed by atoms with van der Waals surface area (Å²) in [5, 5.41) is 20.0. The van der Waals surface area contributed by atoms with Gasteiger partial charge in [0.1, 0.15) is 11.5 Å². The molecular weight excluding hydrogens is 392 g/mol. The lowest BCUT2D eigenvalue weighted by atomic mass is 9.54. The molecule has 2 heteroatoms. The molecule has 0 bridgehead atoms. The van der Waals surface area contributed by atoms with Gasteiger partial charge in [0.25, 0.3) is 0 Å². The molecule has 2 N–H and O–H groups in total. The second kappa shape index (κ2) is 9.49. The zero-order chi connectivity index (χ0) is 22.0. The Morgan fingerprint density at radius 3 is 1.25 bits per heavy atom. The summed E-state index contributed by atoms with van der Waals surface area (Å²) < 4.78 is 0. The number of benzene rings is 2. The zero-order valence-corrected chi connectivity index (χ0v) is 19.5. The molecule has 2 aromatic carbocycles. The molecule has 5 rings (SSSR count). The Morgan fingerprint density at radius 2 is 0.875 bits per heavy atom. The van der Waals surface area contributed by atoms with Crippen molar-refractivity contribution in [1.29, 1.82) is 0 Å². The Morgan fingerprint density at radius 1 is 0.500 bits per heavy atom. The van der Waals surface area contributed by atoms with Crippen LogP contribution < -0.4 is 0 Å². The molecule has 2 atom stereocenters. The van der Waals surface area contributed by atoms with Crippen LogP contribution in [0.25, 0.3) is 0 Å². The van der Waals surface area contributed by atoms with E-state index in [1.165, 1.54) is 94.6 Å². The largest absolute Gasteiger partial charge is 0.508 e. The fourth-order valence-electron chi connectivity index (χ4n) is 7.66. The first-order chi connectivity index (χ1) is 15.6. The summed E-state index contributed by atoms with van der Waals surface area (Å²) in [6.45, 7) is 0. The molecule has 3 aliphatic rings. The van der Waals surface area contributed by atoms with Crippen LogP contribution in [0.2, 0.25) is 0 Å². The maximum atomic E-state index is 10.0. The van der Waals surface area contributed by atoms with Crippen LogP contribution in [-0.2, 0) is 5.41 Å². The van der Waals surface area contributed by atoms with Crippen LogP contribution in [0, 0.1) is 23.7 Å². The Balaban J connectivity index is 1.58. The van der Waals surface area contributed by atoms with Crippen molar-refractivity contribution in [1.82, 2.24) is 0 Å². The summed E-state index contributed by atoms with van der Waals surface area (Å²) in [6.07, 6.45) is 17.9. The smallest absolute Gasteiger partial charge is 0.115 e. The minimum Gasteiger partial charge on any atom is -0.508 e. The van der Waals surface area contributed by atoms with Crippen molar-refractivity contribution in [3.8, 4) is 11.5 Å². The number of phenols is 2. The average Bonchev–Trinajstić information content (AvgIpc) is 2.85. The molecule has 0 aromatic heterocycles. The van der Waals surface area contributed by atoms with E-state index in [-0.39, 0.29) is 5.41 Å². The first-order valence-electron chi connectivity index (χ1n) is 13.2. The highest BCUT2D eigenvalue weighted by Crippen LogP contribution is 2.55. The van der Waals surface area contributed by atoms with Crippen molar-refractivity contribution in [3.05, 3.63) is 59.7 Å². The van der Waals surface area contributed by atoms with Gasteiger partial charge < -0.3 is 10.2 Å². The fourth-order valence-corrected chi connectivity index (χ4v) is 7.66. The molecular formula is C30H40O2. The molecule has 3 aliphatic carbocycles. The van der Waals surface area contributed by atoms with Gasteiger partial charge in [-0.1, -0.05) is 88.5 Å². The summed E-state index contributed by atoms with van der Waals surface area (Å²) in [7, 11) is 0. The van der Waals surface area contributed by atoms with Gasteiger partial charge in [0, 0.05) is 5.41 Å². The highest BCUT2D eigenvalue weighted by atomic mass is 16.3. The SMILES string of the molecule is Oc1ccc(C2(c3ccc(O)cc3)CC(C3CCCCC3)CC(C3CCCCC3)C2)cc1. The molecule has 172 valence electrons. The van der Waals surface area contributed by atoms with Gasteiger partial charge in [0.2, 0.25) is 0 Å². The molecule has 0 saturated heterocycles. The Labute approximate surface area is 194 Å². The lowest BCUT2D eigenvalue weighted by Crippen LogP contribution is -2.43. The van der Waals surface area contributed by atoms with Crippen LogP contribution in [0.15, 0.2) is 48.5 Å². The molecule has 0 amide bonds. The Hall–Kier alpha value is -1.96. The van der Waals surface area contributed by atoms with E-state index in [0.29, 0.717) is 11.5 Å². The van der Waals surface area contributed by atoms with Gasteiger partial charge >= 0.3 is 0 Å². The summed E-state index contributed by atoms with van der Waals surface area (Å²) in [5.74, 6) is 3.97. The van der Waals surface area contributed by atoms with Crippen LogP contribution in [-0.4, -0.2) is 10.2 Å². The normalized spacial score (nSPS) is 27.2. The maximum absolute atomic E-state index is 10.0. The van der Waals surface area contributed by atoms with Gasteiger partial charge in [-0.25, -0.2) is 0 Å². The van der Waals surface area contributed by atoms with Gasteiger partial charge in [-0.3, -0.25) is 0 Å². The topological polar surface area (TPSA) is 40.5 Å². The van der Waals surface area contributed by atoms with Gasteiger partial charge in [0.05, 0.1) is 0 Å². The van der Waals surface area contributed by atoms with Crippen molar-refractivity contribution < 1.29 is 10.2 Å². The predicted molar refractivity (Wildman–Crippen MR) is 131 cm³/mol. The van der Waals surface area contributed by atoms with Gasteiger partial charge in [0.15, 0.2) is 0 Å². The van der Waals surface area contributed by atoms with Gasteiger partial charge in [-0.2, -0.15) is 0 Å². The maximum Gasteiger partial charge on any atom is 0.115 e. The number of hydrogen-bond acceptors (Lipinski definition) is 2. The summed E-state index contributed by atoms with van der Waals surface area (Å²) in [4.78, 5) is 0. The summed E-state index contributed by atoms with van der Waals surface area (Å²) >= 11 is 0. The van der Waals surface area contributed by atoms with Crippen molar-refractivity contribution in [2.75, 3.05) is 0 Å². The number of aromatic hydroxyl groups is 2. The molecule has 0 radical (unpaired) electrons. The second-order valence-electron chi connectivity index (χ2n) is 11.1. The molecule has 0 heterocycles. The minimum absolute atomic E-state index is 0.0239. The molecule has 0 spiro atoms. The van der Waals surface area contributed by atoms with Crippen LogP contribution in [0.3, 0.4) is 0 Å². The third kappa shape index (κ3) is 4.43. The summed E-state index contributed by atoms with van der Waals surface area (Å²) in [6, 6.07) is 16.2. The molecule has 2 unspecified atom stereocenters. The quantitative estimate of drug-likeness (QED) is 0.514. The Bertz CT molecular complexity index is 783. The van der Waals surface area contributed by atoms with Crippen molar-refractivity contribution in [2.45, 2.75) is 88.9 Å². The van der Waals surface area contributed by atoms with Crippen LogP contribution in [0.4, 0.5) is 0 Å². The van der Waals surface area contributed by atoms with Crippen molar-refractivity contribution in [3.63, 3.8) is 0 Å². The molecule has 3 saturated carbocycles. The van der Waals surface area contributed by atoms with Crippen molar-refractivity contribution in [2.24, 2.45) is 23.7 Å². The second-order valence-corrected chi connectivity index (χ2v) is 11.1. The number of phenolic OH excluding ortho intramolecular Hbond substituents is 2. The van der Waals surface area contributed by atoms with E-state index in [4.69, 9.17) is 0 Å². The summed E-state index contributed by atoms with van der Waals surface area (Å²) in [5.41, 5.74) is 2.67. The highest BCUT2D eigenvalue weighted by molar-refractivity contribution is 5.44. The lowest BCUT2D eigenvalue weighted by Gasteiger charge is -2.50. The van der Waals surface area contributed by atoms with E-state index in [9.17, 15) is 10.2 Å². The van der Waals surface area contributed by atoms with E-state index < -0.39 is 0 Å². The first-order valence-corrected chi connectivity index (χ1v) is 13.2. The molecule has 3 fully saturated rings. The number of hydrogen-bond donors (Lipinski definition) is 2. The van der Waals surface area contributed by atoms with E-state index in [1.54, 1.807) is 0 Å². The Kier molecular flexibility index (Phi) is 6.49. The van der Waals surface area contributed by atoms with Crippen LogP contribution in [0.5, 0.6) is 11.5 Å². The monoisotopic (exact) mass is 432 g/mol. The van der Waals surface area contributed by atoms with Crippen molar-refractivity contribution >= 4 is 0 Å². The van der Waals surface area contributed by atoms with Gasteiger partial charge in [-0.05, 0) is 78.3 Å².